The van der Waals surface area contributed by atoms with Crippen LogP contribution in [-0.4, -0.2) is 33.1 Å². The number of carbonyl (C=O) groups is 1. The van der Waals surface area contributed by atoms with Crippen LogP contribution in [0.15, 0.2) is 36.7 Å². The van der Waals surface area contributed by atoms with Crippen LogP contribution in [0.25, 0.3) is 11.4 Å². The predicted octanol–water partition coefficient (Wildman–Crippen LogP) is 3.10. The fraction of sp³-hybridized carbons (Fsp3) is 0.375. The van der Waals surface area contributed by atoms with Crippen molar-refractivity contribution in [3.8, 4) is 11.4 Å². The molecule has 2 aromatic rings. The lowest BCUT2D eigenvalue weighted by Crippen LogP contribution is -2.40. The predicted molar refractivity (Wildman–Crippen MR) is 91.1 cm³/mol. The fourth-order valence-corrected chi connectivity index (χ4v) is 3.66. The minimum Gasteiger partial charge on any atom is -0.334 e. The largest absolute Gasteiger partial charge is 0.334 e. The van der Waals surface area contributed by atoms with E-state index in [1.165, 1.54) is 12.2 Å². The second-order valence-electron chi connectivity index (χ2n) is 5.46. The zero-order valence-electron chi connectivity index (χ0n) is 12.6. The van der Waals surface area contributed by atoms with E-state index in [9.17, 15) is 4.79 Å². The zero-order chi connectivity index (χ0) is 15.4. The van der Waals surface area contributed by atoms with Gasteiger partial charge in [0.15, 0.2) is 0 Å². The number of nitrogens with zero attached hydrogens (tertiary/aromatic N) is 2. The van der Waals surface area contributed by atoms with E-state index < -0.39 is 0 Å². The van der Waals surface area contributed by atoms with E-state index in [1.807, 2.05) is 53.8 Å². The molecule has 3 rings (SSSR count). The van der Waals surface area contributed by atoms with Crippen LogP contribution in [0, 0.1) is 0 Å². The third-order valence-corrected chi connectivity index (χ3v) is 4.91. The number of benzene rings is 1. The second-order valence-corrected chi connectivity index (χ2v) is 6.60. The van der Waals surface area contributed by atoms with E-state index in [4.69, 9.17) is 0 Å². The Balaban J connectivity index is 1.65. The zero-order valence-corrected chi connectivity index (χ0v) is 13.4. The molecule has 0 aliphatic carbocycles. The highest BCUT2D eigenvalue weighted by Gasteiger charge is 2.16. The SMILES string of the molecule is Cn1ccnc1-c1cccc(NC(=O)NC2CCCSC2)c1. The maximum Gasteiger partial charge on any atom is 0.319 e. The van der Waals surface area contributed by atoms with Gasteiger partial charge in [0.25, 0.3) is 0 Å². The highest BCUT2D eigenvalue weighted by atomic mass is 32.2. The van der Waals surface area contributed by atoms with E-state index in [2.05, 4.69) is 15.6 Å². The van der Waals surface area contributed by atoms with Gasteiger partial charge in [-0.1, -0.05) is 12.1 Å². The molecular weight excluding hydrogens is 296 g/mol. The Labute approximate surface area is 134 Å². The molecule has 116 valence electrons. The van der Waals surface area contributed by atoms with Gasteiger partial charge in [0.2, 0.25) is 0 Å². The normalized spacial score (nSPS) is 18.0. The standard InChI is InChI=1S/C16H20N4OS/c1-20-8-7-17-15(20)12-4-2-5-13(10-12)18-16(21)19-14-6-3-9-22-11-14/h2,4-5,7-8,10,14H,3,6,9,11H2,1H3,(H2,18,19,21). The summed E-state index contributed by atoms with van der Waals surface area (Å²) < 4.78 is 1.96. The first-order chi connectivity index (χ1) is 10.7. The van der Waals surface area contributed by atoms with Crippen LogP contribution in [0.2, 0.25) is 0 Å². The van der Waals surface area contributed by atoms with Gasteiger partial charge in [-0.15, -0.1) is 0 Å². The quantitative estimate of drug-likeness (QED) is 0.915. The van der Waals surface area contributed by atoms with Gasteiger partial charge in [-0.2, -0.15) is 11.8 Å². The summed E-state index contributed by atoms with van der Waals surface area (Å²) in [6.45, 7) is 0. The molecule has 0 spiro atoms. The topological polar surface area (TPSA) is 59.0 Å². The number of urea groups is 1. The third-order valence-electron chi connectivity index (χ3n) is 3.70. The smallest absolute Gasteiger partial charge is 0.319 e. The van der Waals surface area contributed by atoms with Crippen molar-refractivity contribution in [2.45, 2.75) is 18.9 Å². The van der Waals surface area contributed by atoms with Crippen LogP contribution in [0.1, 0.15) is 12.8 Å². The third kappa shape index (κ3) is 3.62. The molecule has 2 N–H and O–H groups in total. The number of imidazole rings is 1. The number of aromatic nitrogens is 2. The van der Waals surface area contributed by atoms with Gasteiger partial charge < -0.3 is 15.2 Å². The molecule has 1 unspecified atom stereocenters. The summed E-state index contributed by atoms with van der Waals surface area (Å²) in [7, 11) is 1.95. The summed E-state index contributed by atoms with van der Waals surface area (Å²) in [6.07, 6.45) is 5.91. The van der Waals surface area contributed by atoms with E-state index in [1.54, 1.807) is 6.20 Å². The van der Waals surface area contributed by atoms with Gasteiger partial charge in [-0.3, -0.25) is 0 Å². The molecule has 2 heterocycles. The Morgan fingerprint density at radius 2 is 2.36 bits per heavy atom. The lowest BCUT2D eigenvalue weighted by molar-refractivity contribution is 0.248. The summed E-state index contributed by atoms with van der Waals surface area (Å²) >= 11 is 1.90. The van der Waals surface area contributed by atoms with Gasteiger partial charge in [0, 0.05) is 42.5 Å². The van der Waals surface area contributed by atoms with Gasteiger partial charge in [-0.05, 0) is 30.7 Å². The molecule has 0 radical (unpaired) electrons. The Kier molecular flexibility index (Phi) is 4.68. The van der Waals surface area contributed by atoms with Crippen molar-refractivity contribution in [2.75, 3.05) is 16.8 Å². The molecule has 1 aromatic carbocycles. The first-order valence-electron chi connectivity index (χ1n) is 7.45. The lowest BCUT2D eigenvalue weighted by atomic mass is 10.2. The van der Waals surface area contributed by atoms with Gasteiger partial charge >= 0.3 is 6.03 Å². The lowest BCUT2D eigenvalue weighted by Gasteiger charge is -2.22. The molecule has 1 fully saturated rings. The summed E-state index contributed by atoms with van der Waals surface area (Å²) in [6, 6.07) is 7.89. The first-order valence-corrected chi connectivity index (χ1v) is 8.61. The molecule has 1 atom stereocenters. The Hall–Kier alpha value is -1.95. The monoisotopic (exact) mass is 316 g/mol. The molecule has 0 saturated carbocycles. The van der Waals surface area contributed by atoms with Gasteiger partial charge in [0.1, 0.15) is 5.82 Å². The number of amides is 2. The molecule has 1 saturated heterocycles. The number of thioether (sulfide) groups is 1. The Bertz CT molecular complexity index is 649. The molecule has 5 nitrogen and oxygen atoms in total. The van der Waals surface area contributed by atoms with Crippen LogP contribution >= 0.6 is 11.8 Å². The maximum atomic E-state index is 12.1. The minimum absolute atomic E-state index is 0.135. The van der Waals surface area contributed by atoms with Crippen molar-refractivity contribution < 1.29 is 4.79 Å². The molecule has 1 aliphatic rings. The molecular formula is C16H20N4OS. The van der Waals surface area contributed by atoms with Crippen molar-refractivity contribution in [2.24, 2.45) is 7.05 Å². The minimum atomic E-state index is -0.135. The average molecular weight is 316 g/mol. The van der Waals surface area contributed by atoms with Crippen molar-refractivity contribution in [3.63, 3.8) is 0 Å². The molecule has 22 heavy (non-hydrogen) atoms. The van der Waals surface area contributed by atoms with Crippen LogP contribution in [0.3, 0.4) is 0 Å². The van der Waals surface area contributed by atoms with Crippen molar-refractivity contribution in [1.29, 1.82) is 0 Å². The summed E-state index contributed by atoms with van der Waals surface area (Å²) in [5.74, 6) is 3.08. The molecule has 6 heteroatoms. The van der Waals surface area contributed by atoms with Crippen LogP contribution in [-0.2, 0) is 7.05 Å². The van der Waals surface area contributed by atoms with Crippen molar-refractivity contribution in [1.82, 2.24) is 14.9 Å². The summed E-state index contributed by atoms with van der Waals surface area (Å²) in [5, 5.41) is 5.96. The molecule has 2 amide bonds. The van der Waals surface area contributed by atoms with E-state index in [-0.39, 0.29) is 12.1 Å². The van der Waals surface area contributed by atoms with Crippen LogP contribution < -0.4 is 10.6 Å². The number of anilines is 1. The van der Waals surface area contributed by atoms with Crippen LogP contribution in [0.4, 0.5) is 10.5 Å². The molecule has 0 bridgehead atoms. The second kappa shape index (κ2) is 6.87. The molecule has 1 aromatic heterocycles. The average Bonchev–Trinajstić information content (AvgIpc) is 2.94. The highest BCUT2D eigenvalue weighted by molar-refractivity contribution is 7.99. The van der Waals surface area contributed by atoms with E-state index in [0.717, 1.165) is 29.2 Å². The van der Waals surface area contributed by atoms with E-state index >= 15 is 0 Å². The Morgan fingerprint density at radius 3 is 3.09 bits per heavy atom. The number of rotatable bonds is 3. The van der Waals surface area contributed by atoms with Crippen LogP contribution in [0.5, 0.6) is 0 Å². The first kappa shape index (κ1) is 15.0. The maximum absolute atomic E-state index is 12.1. The number of carbonyl (C=O) groups excluding carboxylic acids is 1. The number of hydrogen-bond acceptors (Lipinski definition) is 3. The number of nitrogens with one attached hydrogen (secondary N) is 2. The Morgan fingerprint density at radius 1 is 1.45 bits per heavy atom. The highest BCUT2D eigenvalue weighted by Crippen LogP contribution is 2.21. The van der Waals surface area contributed by atoms with Gasteiger partial charge in [-0.25, -0.2) is 9.78 Å². The van der Waals surface area contributed by atoms with Crippen molar-refractivity contribution in [3.05, 3.63) is 36.7 Å². The molecule has 1 aliphatic heterocycles. The summed E-state index contributed by atoms with van der Waals surface area (Å²) in [4.78, 5) is 16.4. The van der Waals surface area contributed by atoms with Gasteiger partial charge in [0.05, 0.1) is 0 Å². The fourth-order valence-electron chi connectivity index (χ4n) is 2.59. The van der Waals surface area contributed by atoms with E-state index in [0.29, 0.717) is 0 Å². The summed E-state index contributed by atoms with van der Waals surface area (Å²) in [5.41, 5.74) is 1.76. The number of hydrogen-bond donors (Lipinski definition) is 2. The van der Waals surface area contributed by atoms with Crippen molar-refractivity contribution >= 4 is 23.5 Å². The number of aryl methyl sites for hydroxylation is 1.